The zero-order valence-electron chi connectivity index (χ0n) is 15.9. The highest BCUT2D eigenvalue weighted by molar-refractivity contribution is 5.89. The number of carbonyl (C=O) groups is 2. The van der Waals surface area contributed by atoms with Gasteiger partial charge in [0.05, 0.1) is 19.8 Å². The van der Waals surface area contributed by atoms with Gasteiger partial charge in [-0.3, -0.25) is 4.79 Å². The van der Waals surface area contributed by atoms with Crippen molar-refractivity contribution in [1.29, 1.82) is 0 Å². The van der Waals surface area contributed by atoms with E-state index in [1.54, 1.807) is 24.3 Å². The third kappa shape index (κ3) is 6.95. The van der Waals surface area contributed by atoms with Crippen LogP contribution in [0.15, 0.2) is 42.5 Å². The SMILES string of the molecule is COC(=O)c1ccc(OCC(=O)NCCc2ccc(OC(F)F)c(OC)c2)cc1. The first-order valence-electron chi connectivity index (χ1n) is 8.62. The lowest BCUT2D eigenvalue weighted by molar-refractivity contribution is -0.123. The van der Waals surface area contributed by atoms with Crippen LogP contribution in [0, 0.1) is 0 Å². The number of carbonyl (C=O) groups excluding carboxylic acids is 2. The monoisotopic (exact) mass is 409 g/mol. The fraction of sp³-hybridized carbons (Fsp3) is 0.300. The largest absolute Gasteiger partial charge is 0.493 e. The number of esters is 1. The van der Waals surface area contributed by atoms with Gasteiger partial charge in [0.2, 0.25) is 0 Å². The Morgan fingerprint density at radius 2 is 1.76 bits per heavy atom. The summed E-state index contributed by atoms with van der Waals surface area (Å²) in [5.74, 6) is -0.215. The Hall–Kier alpha value is -3.36. The van der Waals surface area contributed by atoms with Crippen LogP contribution in [0.25, 0.3) is 0 Å². The van der Waals surface area contributed by atoms with Gasteiger partial charge in [0.1, 0.15) is 5.75 Å². The number of halogens is 2. The van der Waals surface area contributed by atoms with Crippen molar-refractivity contribution in [2.75, 3.05) is 27.4 Å². The average Bonchev–Trinajstić information content (AvgIpc) is 2.72. The molecule has 2 aromatic rings. The first kappa shape index (κ1) is 21.9. The molecule has 2 rings (SSSR count). The van der Waals surface area contributed by atoms with Gasteiger partial charge < -0.3 is 24.3 Å². The highest BCUT2D eigenvalue weighted by Gasteiger charge is 2.11. The Labute approximate surface area is 166 Å². The van der Waals surface area contributed by atoms with Crippen LogP contribution in [0.4, 0.5) is 8.78 Å². The third-order valence-electron chi connectivity index (χ3n) is 3.83. The summed E-state index contributed by atoms with van der Waals surface area (Å²) in [7, 11) is 2.65. The van der Waals surface area contributed by atoms with E-state index < -0.39 is 12.6 Å². The second kappa shape index (κ2) is 10.8. The molecule has 0 spiro atoms. The molecule has 156 valence electrons. The van der Waals surface area contributed by atoms with Crippen molar-refractivity contribution in [2.45, 2.75) is 13.0 Å². The third-order valence-corrected chi connectivity index (χ3v) is 3.83. The Bertz CT molecular complexity index is 826. The van der Waals surface area contributed by atoms with Crippen molar-refractivity contribution in [3.05, 3.63) is 53.6 Å². The molecule has 1 amide bonds. The summed E-state index contributed by atoms with van der Waals surface area (Å²) >= 11 is 0. The molecule has 0 saturated heterocycles. The number of hydrogen-bond acceptors (Lipinski definition) is 6. The van der Waals surface area contributed by atoms with E-state index in [-0.39, 0.29) is 24.0 Å². The smallest absolute Gasteiger partial charge is 0.387 e. The maximum Gasteiger partial charge on any atom is 0.387 e. The summed E-state index contributed by atoms with van der Waals surface area (Å²) in [6.45, 7) is -2.81. The number of hydrogen-bond donors (Lipinski definition) is 1. The summed E-state index contributed by atoms with van der Waals surface area (Å²) in [6, 6.07) is 10.8. The molecule has 0 aliphatic carbocycles. The van der Waals surface area contributed by atoms with Crippen LogP contribution < -0.4 is 19.5 Å². The Balaban J connectivity index is 1.77. The maximum atomic E-state index is 12.3. The predicted octanol–water partition coefficient (Wildman–Crippen LogP) is 2.82. The van der Waals surface area contributed by atoms with Gasteiger partial charge >= 0.3 is 12.6 Å². The van der Waals surface area contributed by atoms with E-state index in [1.165, 1.54) is 32.4 Å². The van der Waals surface area contributed by atoms with Gasteiger partial charge in [-0.05, 0) is 48.4 Å². The Morgan fingerprint density at radius 3 is 2.38 bits per heavy atom. The lowest BCUT2D eigenvalue weighted by Gasteiger charge is -2.12. The molecule has 0 fully saturated rings. The number of ether oxygens (including phenoxy) is 4. The van der Waals surface area contributed by atoms with Gasteiger partial charge in [0.15, 0.2) is 18.1 Å². The van der Waals surface area contributed by atoms with Crippen molar-refractivity contribution in [1.82, 2.24) is 5.32 Å². The van der Waals surface area contributed by atoms with Crippen LogP contribution >= 0.6 is 0 Å². The molecule has 0 atom stereocenters. The van der Waals surface area contributed by atoms with Crippen molar-refractivity contribution in [3.8, 4) is 17.2 Å². The molecular formula is C20H21F2NO6. The minimum absolute atomic E-state index is 0.0538. The van der Waals surface area contributed by atoms with Crippen molar-refractivity contribution >= 4 is 11.9 Å². The highest BCUT2D eigenvalue weighted by Crippen LogP contribution is 2.29. The normalized spacial score (nSPS) is 10.4. The lowest BCUT2D eigenvalue weighted by atomic mass is 10.1. The fourth-order valence-electron chi connectivity index (χ4n) is 2.41. The molecule has 0 saturated carbocycles. The van der Waals surface area contributed by atoms with Gasteiger partial charge in [-0.25, -0.2) is 4.79 Å². The molecule has 0 aliphatic rings. The summed E-state index contributed by atoms with van der Waals surface area (Å²) in [5, 5.41) is 2.69. The predicted molar refractivity (Wildman–Crippen MR) is 99.6 cm³/mol. The van der Waals surface area contributed by atoms with E-state index in [2.05, 4.69) is 14.8 Å². The number of methoxy groups -OCH3 is 2. The second-order valence-corrected chi connectivity index (χ2v) is 5.77. The van der Waals surface area contributed by atoms with Crippen LogP contribution in [0.1, 0.15) is 15.9 Å². The maximum absolute atomic E-state index is 12.3. The molecule has 0 aliphatic heterocycles. The first-order valence-corrected chi connectivity index (χ1v) is 8.62. The molecule has 0 heterocycles. The molecule has 2 aromatic carbocycles. The minimum Gasteiger partial charge on any atom is -0.493 e. The number of nitrogens with one attached hydrogen (secondary N) is 1. The van der Waals surface area contributed by atoms with E-state index in [0.717, 1.165) is 5.56 Å². The summed E-state index contributed by atoms with van der Waals surface area (Å²) < 4.78 is 44.0. The summed E-state index contributed by atoms with van der Waals surface area (Å²) in [5.41, 5.74) is 1.16. The molecule has 7 nitrogen and oxygen atoms in total. The van der Waals surface area contributed by atoms with Crippen molar-refractivity contribution < 1.29 is 37.3 Å². The summed E-state index contributed by atoms with van der Waals surface area (Å²) in [4.78, 5) is 23.2. The van der Waals surface area contributed by atoms with Crippen molar-refractivity contribution in [3.63, 3.8) is 0 Å². The number of benzene rings is 2. The van der Waals surface area contributed by atoms with Gasteiger partial charge in [0.25, 0.3) is 5.91 Å². The minimum atomic E-state index is -2.94. The Morgan fingerprint density at radius 1 is 1.03 bits per heavy atom. The van der Waals surface area contributed by atoms with Gasteiger partial charge in [0, 0.05) is 6.54 Å². The second-order valence-electron chi connectivity index (χ2n) is 5.77. The molecular weight excluding hydrogens is 388 g/mol. The molecule has 0 radical (unpaired) electrons. The standard InChI is InChI=1S/C20H21F2NO6/c1-26-17-11-13(3-8-16(17)29-20(21)22)9-10-23-18(24)12-28-15-6-4-14(5-7-15)19(25)27-2/h3-8,11,20H,9-10,12H2,1-2H3,(H,23,24). The molecule has 0 unspecified atom stereocenters. The van der Waals surface area contributed by atoms with E-state index >= 15 is 0 Å². The topological polar surface area (TPSA) is 83.1 Å². The molecule has 0 bridgehead atoms. The first-order chi connectivity index (χ1) is 13.9. The van der Waals surface area contributed by atoms with E-state index in [1.807, 2.05) is 0 Å². The van der Waals surface area contributed by atoms with E-state index in [4.69, 9.17) is 9.47 Å². The summed E-state index contributed by atoms with van der Waals surface area (Å²) in [6.07, 6.45) is 0.463. The Kier molecular flexibility index (Phi) is 8.20. The molecule has 9 heteroatoms. The number of alkyl halides is 2. The van der Waals surface area contributed by atoms with Gasteiger partial charge in [-0.15, -0.1) is 0 Å². The van der Waals surface area contributed by atoms with Crippen LogP contribution in [0.2, 0.25) is 0 Å². The van der Waals surface area contributed by atoms with Crippen LogP contribution in [-0.2, 0) is 16.0 Å². The number of rotatable bonds is 10. The fourth-order valence-corrected chi connectivity index (χ4v) is 2.41. The molecule has 29 heavy (non-hydrogen) atoms. The molecule has 0 aromatic heterocycles. The highest BCUT2D eigenvalue weighted by atomic mass is 19.3. The van der Waals surface area contributed by atoms with E-state index in [9.17, 15) is 18.4 Å². The van der Waals surface area contributed by atoms with Crippen LogP contribution in [0.5, 0.6) is 17.2 Å². The van der Waals surface area contributed by atoms with Crippen molar-refractivity contribution in [2.24, 2.45) is 0 Å². The van der Waals surface area contributed by atoms with Gasteiger partial charge in [-0.1, -0.05) is 6.07 Å². The zero-order valence-corrected chi connectivity index (χ0v) is 15.9. The van der Waals surface area contributed by atoms with Gasteiger partial charge in [-0.2, -0.15) is 8.78 Å². The van der Waals surface area contributed by atoms with Crippen LogP contribution in [0.3, 0.4) is 0 Å². The average molecular weight is 409 g/mol. The number of amides is 1. The van der Waals surface area contributed by atoms with E-state index in [0.29, 0.717) is 24.3 Å². The lowest BCUT2D eigenvalue weighted by Crippen LogP contribution is -2.30. The van der Waals surface area contributed by atoms with Crippen LogP contribution in [-0.4, -0.2) is 45.9 Å². The molecule has 1 N–H and O–H groups in total. The zero-order chi connectivity index (χ0) is 21.2. The quantitative estimate of drug-likeness (QED) is 0.608.